The van der Waals surface area contributed by atoms with Gasteiger partial charge in [-0.2, -0.15) is 5.48 Å². The fraction of sp³-hybridized carbons (Fsp3) is 0.667. The van der Waals surface area contributed by atoms with Crippen LogP contribution in [0, 0.1) is 0 Å². The third kappa shape index (κ3) is 39.4. The number of ether oxygens (including phenoxy) is 12. The van der Waals surface area contributed by atoms with Crippen molar-refractivity contribution in [1.82, 2.24) is 21.4 Å². The Balaban J connectivity index is 1.66. The van der Waals surface area contributed by atoms with Crippen LogP contribution in [0.15, 0.2) is 54.6 Å². The number of benzene rings is 2. The van der Waals surface area contributed by atoms with Gasteiger partial charge in [-0.05, 0) is 48.8 Å². The third-order valence-corrected chi connectivity index (χ3v) is 10.0. The number of carbonyl (C=O) groups excluding carboxylic acids is 5. The number of hydrogen-bond acceptors (Lipinski definition) is 18. The van der Waals surface area contributed by atoms with Crippen molar-refractivity contribution in [2.45, 2.75) is 51.0 Å². The average molecular weight is 1040 g/mol. The fourth-order valence-electron chi connectivity index (χ4n) is 6.21. The molecule has 0 unspecified atom stereocenters. The minimum absolute atomic E-state index is 0.00564. The maximum Gasteiger partial charge on any atom is 0.334 e. The lowest BCUT2D eigenvalue weighted by atomic mass is 10.0. The summed E-state index contributed by atoms with van der Waals surface area (Å²) in [4.78, 5) is 68.3. The Kier molecular flexibility index (Phi) is 41.5. The number of methoxy groups -OCH3 is 2. The molecule has 1 atom stereocenters. The first-order valence-electron chi connectivity index (χ1n) is 25.0. The maximum atomic E-state index is 13.2. The molecule has 0 radical (unpaired) electrons. The van der Waals surface area contributed by atoms with Gasteiger partial charge in [0.25, 0.3) is 5.91 Å². The summed E-state index contributed by atoms with van der Waals surface area (Å²) in [5.41, 5.74) is 5.42. The molecule has 0 aromatic heterocycles. The van der Waals surface area contributed by atoms with Crippen molar-refractivity contribution >= 4 is 29.6 Å². The molecule has 0 fully saturated rings. The Morgan fingerprint density at radius 2 is 0.849 bits per heavy atom. The van der Waals surface area contributed by atoms with Crippen LogP contribution in [0.5, 0.6) is 0 Å². The molecule has 4 N–H and O–H groups in total. The molecule has 22 heteroatoms. The molecule has 2 rings (SSSR count). The quantitative estimate of drug-likeness (QED) is 0.0539. The van der Waals surface area contributed by atoms with E-state index in [0.29, 0.717) is 106 Å². The van der Waals surface area contributed by atoms with E-state index in [0.717, 1.165) is 31.2 Å². The van der Waals surface area contributed by atoms with E-state index >= 15 is 0 Å². The van der Waals surface area contributed by atoms with Crippen LogP contribution < -0.4 is 21.4 Å². The number of unbranched alkanes of at least 4 members (excludes halogenated alkanes) is 1. The van der Waals surface area contributed by atoms with Crippen LogP contribution >= 0.6 is 0 Å². The molecule has 0 aliphatic rings. The summed E-state index contributed by atoms with van der Waals surface area (Å²) in [5, 5.41) is 7.86. The van der Waals surface area contributed by atoms with E-state index in [9.17, 15) is 24.0 Å². The van der Waals surface area contributed by atoms with Crippen molar-refractivity contribution in [3.8, 4) is 0 Å². The molecule has 414 valence electrons. The second-order valence-electron chi connectivity index (χ2n) is 16.0. The van der Waals surface area contributed by atoms with Gasteiger partial charge >= 0.3 is 5.97 Å². The third-order valence-electron chi connectivity index (χ3n) is 10.0. The smallest absolute Gasteiger partial charge is 0.334 e. The lowest BCUT2D eigenvalue weighted by Crippen LogP contribution is -2.49. The van der Waals surface area contributed by atoms with E-state index in [1.165, 1.54) is 11.1 Å². The highest BCUT2D eigenvalue weighted by atomic mass is 16.7. The van der Waals surface area contributed by atoms with Gasteiger partial charge in [-0.1, -0.05) is 54.6 Å². The Labute approximate surface area is 430 Å². The first-order chi connectivity index (χ1) is 35.8. The van der Waals surface area contributed by atoms with Crippen LogP contribution in [-0.2, 0) is 105 Å². The van der Waals surface area contributed by atoms with E-state index in [-0.39, 0.29) is 72.0 Å². The molecule has 2 aromatic rings. The van der Waals surface area contributed by atoms with Crippen LogP contribution in [0.25, 0.3) is 0 Å². The highest BCUT2D eigenvalue weighted by molar-refractivity contribution is 5.88. The molecule has 0 bridgehead atoms. The van der Waals surface area contributed by atoms with Crippen molar-refractivity contribution in [1.29, 1.82) is 0 Å². The zero-order chi connectivity index (χ0) is 52.5. The molecular weight excluding hydrogens is 957 g/mol. The highest BCUT2D eigenvalue weighted by Gasteiger charge is 2.21. The second kappa shape index (κ2) is 47.1. The summed E-state index contributed by atoms with van der Waals surface area (Å²) < 4.78 is 63.9. The highest BCUT2D eigenvalue weighted by Crippen LogP contribution is 2.11. The lowest BCUT2D eigenvalue weighted by molar-refractivity contribution is -0.158. The van der Waals surface area contributed by atoms with Crippen LogP contribution in [0.1, 0.15) is 42.4 Å². The van der Waals surface area contributed by atoms with Gasteiger partial charge in [0.2, 0.25) is 17.7 Å². The number of aryl methyl sites for hydroxylation is 2. The van der Waals surface area contributed by atoms with E-state index < -0.39 is 35.6 Å². The standard InChI is InChI=1S/C51H82N4O18/c1-61-20-22-63-24-26-65-28-30-67-32-34-69-36-38-71-41-48(57)52-18-16-46(54-49(58)42-72-39-37-70-35-33-68-31-29-66-27-25-64-23-21-62-2)51(60)53-19-17-50(59)73-55-47(56)40-45-14-12-44(13-15-45)11-7-6-10-43-8-4-3-5-9-43/h3-5,8-9,12-15,46H,6-7,10-11,16-42H2,1-2H3,(H,52,57)(H,53,60)(H,54,58)(H,55,56)/t46-/m0/s1. The normalized spacial score (nSPS) is 11.5. The maximum absolute atomic E-state index is 13.2. The summed E-state index contributed by atoms with van der Waals surface area (Å²) in [6.45, 7) is 7.01. The molecule has 0 spiro atoms. The monoisotopic (exact) mass is 1040 g/mol. The Morgan fingerprint density at radius 3 is 1.32 bits per heavy atom. The van der Waals surface area contributed by atoms with Crippen molar-refractivity contribution in [2.75, 3.05) is 173 Å². The summed E-state index contributed by atoms with van der Waals surface area (Å²) in [6.07, 6.45) is 3.83. The summed E-state index contributed by atoms with van der Waals surface area (Å²) in [5.74, 6) is -2.93. The molecular formula is C51H82N4O18. The summed E-state index contributed by atoms with van der Waals surface area (Å²) >= 11 is 0. The second-order valence-corrected chi connectivity index (χ2v) is 16.0. The Bertz CT molecular complexity index is 1680. The van der Waals surface area contributed by atoms with Crippen LogP contribution in [0.2, 0.25) is 0 Å². The van der Waals surface area contributed by atoms with Crippen LogP contribution in [0.3, 0.4) is 0 Å². The van der Waals surface area contributed by atoms with E-state index in [1.807, 2.05) is 42.5 Å². The van der Waals surface area contributed by atoms with E-state index in [4.69, 9.17) is 61.7 Å². The van der Waals surface area contributed by atoms with Gasteiger partial charge in [0.15, 0.2) is 0 Å². The fourth-order valence-corrected chi connectivity index (χ4v) is 6.21. The minimum Gasteiger partial charge on any atom is -0.382 e. The lowest BCUT2D eigenvalue weighted by Gasteiger charge is -2.19. The minimum atomic E-state index is -1.10. The summed E-state index contributed by atoms with van der Waals surface area (Å²) in [7, 11) is 3.23. The number of hydrogen-bond donors (Lipinski definition) is 4. The van der Waals surface area contributed by atoms with E-state index in [1.54, 1.807) is 14.2 Å². The van der Waals surface area contributed by atoms with Gasteiger partial charge in [0.1, 0.15) is 19.3 Å². The molecule has 0 saturated carbocycles. The number of hydroxylamine groups is 1. The first kappa shape index (κ1) is 64.4. The van der Waals surface area contributed by atoms with E-state index in [2.05, 4.69) is 33.6 Å². The number of carbonyl (C=O) groups is 5. The topological polar surface area (TPSA) is 253 Å². The molecule has 22 nitrogen and oxygen atoms in total. The van der Waals surface area contributed by atoms with Gasteiger partial charge in [-0.3, -0.25) is 19.2 Å². The molecule has 0 saturated heterocycles. The molecule has 2 aromatic carbocycles. The largest absolute Gasteiger partial charge is 0.382 e. The van der Waals surface area contributed by atoms with Gasteiger partial charge in [-0.25, -0.2) is 4.79 Å². The molecule has 73 heavy (non-hydrogen) atoms. The van der Waals surface area contributed by atoms with Gasteiger partial charge in [0, 0.05) is 27.3 Å². The predicted octanol–water partition coefficient (Wildman–Crippen LogP) is 1.33. The molecule has 0 aliphatic carbocycles. The Hall–Kier alpha value is -4.69. The van der Waals surface area contributed by atoms with Crippen molar-refractivity contribution in [3.05, 3.63) is 71.3 Å². The molecule has 0 heterocycles. The number of amides is 4. The SMILES string of the molecule is COCCOCCOCCOCCOCCOCC(=O)NCC[C@H](NC(=O)COCCOCCOCCOCCOCCOC)C(=O)NCCC(=O)ONC(=O)Cc1ccc(CCCCc2ccccc2)cc1. The van der Waals surface area contributed by atoms with Gasteiger partial charge < -0.3 is 77.6 Å². The zero-order valence-electron chi connectivity index (χ0n) is 43.0. The van der Waals surface area contributed by atoms with Crippen LogP contribution in [0.4, 0.5) is 0 Å². The average Bonchev–Trinajstić information content (AvgIpc) is 3.39. The van der Waals surface area contributed by atoms with Crippen molar-refractivity contribution in [3.63, 3.8) is 0 Å². The van der Waals surface area contributed by atoms with Crippen molar-refractivity contribution < 1.29 is 85.7 Å². The Morgan fingerprint density at radius 1 is 0.438 bits per heavy atom. The number of rotatable bonds is 49. The van der Waals surface area contributed by atoms with Gasteiger partial charge in [0.05, 0.1) is 145 Å². The number of nitrogens with one attached hydrogen (secondary N) is 4. The summed E-state index contributed by atoms with van der Waals surface area (Å²) in [6, 6.07) is 17.0. The van der Waals surface area contributed by atoms with Gasteiger partial charge in [-0.15, -0.1) is 0 Å². The first-order valence-corrected chi connectivity index (χ1v) is 25.0. The van der Waals surface area contributed by atoms with Crippen molar-refractivity contribution in [2.24, 2.45) is 0 Å². The van der Waals surface area contributed by atoms with Crippen LogP contribution in [-0.4, -0.2) is 208 Å². The predicted molar refractivity (Wildman–Crippen MR) is 267 cm³/mol. The zero-order valence-corrected chi connectivity index (χ0v) is 43.0. The molecule has 0 aliphatic heterocycles. The molecule has 4 amide bonds.